The molecule has 7 nitrogen and oxygen atoms in total. The number of pyridine rings is 1. The van der Waals surface area contributed by atoms with E-state index in [1.54, 1.807) is 55.6 Å². The predicted molar refractivity (Wildman–Crippen MR) is 101 cm³/mol. The molecule has 0 aliphatic heterocycles. The van der Waals surface area contributed by atoms with Crippen molar-refractivity contribution in [2.75, 3.05) is 18.9 Å². The molecule has 0 bridgehead atoms. The van der Waals surface area contributed by atoms with E-state index in [1.165, 1.54) is 25.4 Å². The van der Waals surface area contributed by atoms with Gasteiger partial charge in [0, 0.05) is 6.20 Å². The minimum Gasteiger partial charge on any atom is -0.497 e. The summed E-state index contributed by atoms with van der Waals surface area (Å²) in [6, 6.07) is 16.1. The smallest absolute Gasteiger partial charge is 0.262 e. The number of rotatable bonds is 7. The molecule has 0 unspecified atom stereocenters. The lowest BCUT2D eigenvalue weighted by Crippen LogP contribution is -2.13. The van der Waals surface area contributed by atoms with E-state index in [4.69, 9.17) is 14.2 Å². The lowest BCUT2D eigenvalue weighted by atomic mass is 10.3. The van der Waals surface area contributed by atoms with Crippen LogP contribution in [0.25, 0.3) is 0 Å². The standard InChI is InChI=1S/C19H18N2O5S/c1-24-14-5-7-16(8-6-14)26-19-18(4-3-13-20-19)21-27(22,23)17-11-9-15(25-2)10-12-17/h3-13,21H,1-2H3. The molecule has 2 aromatic carbocycles. The molecule has 3 rings (SSSR count). The fourth-order valence-corrected chi connectivity index (χ4v) is 3.32. The average Bonchev–Trinajstić information content (AvgIpc) is 2.70. The molecule has 0 radical (unpaired) electrons. The minimum atomic E-state index is -3.81. The third-order valence-corrected chi connectivity index (χ3v) is 5.04. The second-order valence-corrected chi connectivity index (χ2v) is 7.10. The second kappa shape index (κ2) is 7.96. The van der Waals surface area contributed by atoms with Gasteiger partial charge in [0.1, 0.15) is 22.9 Å². The third-order valence-electron chi connectivity index (χ3n) is 3.66. The van der Waals surface area contributed by atoms with Gasteiger partial charge in [0.15, 0.2) is 0 Å². The van der Waals surface area contributed by atoms with Crippen molar-refractivity contribution < 1.29 is 22.6 Å². The Morgan fingerprint density at radius 2 is 1.37 bits per heavy atom. The van der Waals surface area contributed by atoms with E-state index in [1.807, 2.05) is 0 Å². The molecule has 1 aromatic heterocycles. The maximum absolute atomic E-state index is 12.6. The highest BCUT2D eigenvalue weighted by Crippen LogP contribution is 2.30. The summed E-state index contributed by atoms with van der Waals surface area (Å²) in [6.07, 6.45) is 1.52. The maximum Gasteiger partial charge on any atom is 0.262 e. The van der Waals surface area contributed by atoms with Crippen LogP contribution in [0.4, 0.5) is 5.69 Å². The summed E-state index contributed by atoms with van der Waals surface area (Å²) in [6.45, 7) is 0. The maximum atomic E-state index is 12.6. The number of nitrogens with zero attached hydrogens (tertiary/aromatic N) is 1. The Morgan fingerprint density at radius 3 is 1.96 bits per heavy atom. The van der Waals surface area contributed by atoms with Gasteiger partial charge in [-0.2, -0.15) is 0 Å². The first kappa shape index (κ1) is 18.5. The zero-order valence-electron chi connectivity index (χ0n) is 14.7. The molecule has 0 aliphatic carbocycles. The lowest BCUT2D eigenvalue weighted by Gasteiger charge is -2.13. The number of aromatic nitrogens is 1. The van der Waals surface area contributed by atoms with Gasteiger partial charge in [-0.1, -0.05) is 0 Å². The van der Waals surface area contributed by atoms with Crippen molar-refractivity contribution in [2.24, 2.45) is 0 Å². The molecule has 27 heavy (non-hydrogen) atoms. The van der Waals surface area contributed by atoms with Crippen molar-refractivity contribution in [3.05, 3.63) is 66.9 Å². The summed E-state index contributed by atoms with van der Waals surface area (Å²) in [4.78, 5) is 4.22. The summed E-state index contributed by atoms with van der Waals surface area (Å²) < 4.78 is 43.6. The average molecular weight is 386 g/mol. The molecule has 0 saturated heterocycles. The highest BCUT2D eigenvalue weighted by Gasteiger charge is 2.17. The molecule has 0 spiro atoms. The van der Waals surface area contributed by atoms with Crippen LogP contribution in [0.2, 0.25) is 0 Å². The van der Waals surface area contributed by atoms with Gasteiger partial charge >= 0.3 is 0 Å². The van der Waals surface area contributed by atoms with E-state index in [9.17, 15) is 8.42 Å². The summed E-state index contributed by atoms with van der Waals surface area (Å²) in [5.41, 5.74) is 0.226. The number of ether oxygens (including phenoxy) is 3. The largest absolute Gasteiger partial charge is 0.497 e. The molecular formula is C19H18N2O5S. The number of hydrogen-bond donors (Lipinski definition) is 1. The van der Waals surface area contributed by atoms with Gasteiger partial charge < -0.3 is 14.2 Å². The normalized spacial score (nSPS) is 10.9. The van der Waals surface area contributed by atoms with Gasteiger partial charge in [-0.25, -0.2) is 13.4 Å². The number of nitrogens with one attached hydrogen (secondary N) is 1. The van der Waals surface area contributed by atoms with E-state index >= 15 is 0 Å². The third kappa shape index (κ3) is 4.48. The van der Waals surface area contributed by atoms with E-state index in [0.29, 0.717) is 17.2 Å². The van der Waals surface area contributed by atoms with Crippen molar-refractivity contribution in [2.45, 2.75) is 4.90 Å². The highest BCUT2D eigenvalue weighted by molar-refractivity contribution is 7.92. The number of benzene rings is 2. The molecule has 8 heteroatoms. The van der Waals surface area contributed by atoms with Crippen LogP contribution in [-0.4, -0.2) is 27.6 Å². The zero-order valence-corrected chi connectivity index (χ0v) is 15.6. The Morgan fingerprint density at radius 1 is 0.815 bits per heavy atom. The minimum absolute atomic E-state index is 0.0996. The van der Waals surface area contributed by atoms with Crippen molar-refractivity contribution >= 4 is 15.7 Å². The number of anilines is 1. The quantitative estimate of drug-likeness (QED) is 0.666. The van der Waals surface area contributed by atoms with Gasteiger partial charge in [-0.15, -0.1) is 0 Å². The molecule has 140 valence electrons. The van der Waals surface area contributed by atoms with E-state index < -0.39 is 10.0 Å². The van der Waals surface area contributed by atoms with E-state index in [-0.39, 0.29) is 16.5 Å². The fourth-order valence-electron chi connectivity index (χ4n) is 2.26. The van der Waals surface area contributed by atoms with Crippen LogP contribution in [0.3, 0.4) is 0 Å². The summed E-state index contributed by atoms with van der Waals surface area (Å²) in [7, 11) is -0.725. The Balaban J connectivity index is 1.84. The Labute approximate surface area is 157 Å². The first-order valence-corrected chi connectivity index (χ1v) is 9.44. The second-order valence-electron chi connectivity index (χ2n) is 5.41. The molecule has 1 N–H and O–H groups in total. The van der Waals surface area contributed by atoms with Crippen molar-refractivity contribution in [3.8, 4) is 23.1 Å². The van der Waals surface area contributed by atoms with Gasteiger partial charge in [0.25, 0.3) is 10.0 Å². The zero-order chi connectivity index (χ0) is 19.3. The Bertz CT molecular complexity index is 1000. The monoisotopic (exact) mass is 386 g/mol. The van der Waals surface area contributed by atoms with Gasteiger partial charge in [0.05, 0.1) is 19.1 Å². The molecule has 0 atom stereocenters. The van der Waals surface area contributed by atoms with Crippen molar-refractivity contribution in [1.29, 1.82) is 0 Å². The molecule has 1 heterocycles. The van der Waals surface area contributed by atoms with Crippen LogP contribution >= 0.6 is 0 Å². The SMILES string of the molecule is COc1ccc(Oc2ncccc2NS(=O)(=O)c2ccc(OC)cc2)cc1. The van der Waals surface area contributed by atoms with Crippen LogP contribution in [0.5, 0.6) is 23.1 Å². The van der Waals surface area contributed by atoms with E-state index in [0.717, 1.165) is 0 Å². The molecule has 3 aromatic rings. The Hall–Kier alpha value is -3.26. The molecule has 0 amide bonds. The van der Waals surface area contributed by atoms with Gasteiger partial charge in [-0.3, -0.25) is 4.72 Å². The van der Waals surface area contributed by atoms with Crippen molar-refractivity contribution in [1.82, 2.24) is 4.98 Å². The van der Waals surface area contributed by atoms with Gasteiger partial charge in [0.2, 0.25) is 5.88 Å². The van der Waals surface area contributed by atoms with Crippen LogP contribution in [0, 0.1) is 0 Å². The van der Waals surface area contributed by atoms with Gasteiger partial charge in [-0.05, 0) is 60.7 Å². The lowest BCUT2D eigenvalue weighted by molar-refractivity contribution is 0.412. The first-order chi connectivity index (χ1) is 13.0. The predicted octanol–water partition coefficient (Wildman–Crippen LogP) is 3.69. The fraction of sp³-hybridized carbons (Fsp3) is 0.105. The molecule has 0 aliphatic rings. The van der Waals surface area contributed by atoms with Crippen LogP contribution in [-0.2, 0) is 10.0 Å². The summed E-state index contributed by atoms with van der Waals surface area (Å²) >= 11 is 0. The molecular weight excluding hydrogens is 368 g/mol. The Kier molecular flexibility index (Phi) is 5.46. The number of methoxy groups -OCH3 is 2. The van der Waals surface area contributed by atoms with Crippen LogP contribution in [0.1, 0.15) is 0 Å². The summed E-state index contributed by atoms with van der Waals surface area (Å²) in [5.74, 6) is 1.89. The van der Waals surface area contributed by atoms with Crippen molar-refractivity contribution in [3.63, 3.8) is 0 Å². The van der Waals surface area contributed by atoms with Crippen LogP contribution < -0.4 is 18.9 Å². The molecule has 0 fully saturated rings. The number of sulfonamides is 1. The van der Waals surface area contributed by atoms with Crippen LogP contribution in [0.15, 0.2) is 71.8 Å². The number of hydrogen-bond acceptors (Lipinski definition) is 6. The summed E-state index contributed by atoms with van der Waals surface area (Å²) in [5, 5.41) is 0. The molecule has 0 saturated carbocycles. The van der Waals surface area contributed by atoms with E-state index in [2.05, 4.69) is 9.71 Å². The topological polar surface area (TPSA) is 86.8 Å². The highest BCUT2D eigenvalue weighted by atomic mass is 32.2. The first-order valence-electron chi connectivity index (χ1n) is 7.95.